The number of hydrogen-bond donors (Lipinski definition) is 2. The monoisotopic (exact) mass is 204 g/mol. The highest BCUT2D eigenvalue weighted by atomic mass is 19.1. The molecule has 0 unspecified atom stereocenters. The highest BCUT2D eigenvalue weighted by molar-refractivity contribution is 5.84. The summed E-state index contributed by atoms with van der Waals surface area (Å²) in [5.74, 6) is -0.590. The number of carbonyl (C=O) groups excluding carboxylic acids is 1. The Balaban J connectivity index is 2.48. The zero-order valence-electron chi connectivity index (χ0n) is 8.76. The van der Waals surface area contributed by atoms with E-state index in [1.807, 2.05) is 0 Å². The number of alkyl halides is 1. The van der Waals surface area contributed by atoms with Crippen LogP contribution in [-0.4, -0.2) is 43.9 Å². The van der Waals surface area contributed by atoms with Gasteiger partial charge in [0.1, 0.15) is 0 Å². The third-order valence-electron chi connectivity index (χ3n) is 2.32. The first kappa shape index (κ1) is 11.4. The maximum Gasteiger partial charge on any atom is 0.257 e. The second-order valence-corrected chi connectivity index (χ2v) is 3.98. The Hall–Kier alpha value is -0.680. The van der Waals surface area contributed by atoms with Crippen LogP contribution in [0, 0.1) is 0 Å². The molecule has 5 heteroatoms. The molecular weight excluding hydrogens is 187 g/mol. The van der Waals surface area contributed by atoms with E-state index in [9.17, 15) is 9.18 Å². The highest BCUT2D eigenvalue weighted by Gasteiger charge is 2.33. The number of nitrogens with one attached hydrogen (secondary N) is 2. The molecule has 0 bridgehead atoms. The molecule has 82 valence electrons. The molecule has 1 heterocycles. The van der Waals surface area contributed by atoms with Gasteiger partial charge in [0.2, 0.25) is 0 Å². The fourth-order valence-corrected chi connectivity index (χ4v) is 1.39. The molecule has 4 nitrogen and oxygen atoms in total. The summed E-state index contributed by atoms with van der Waals surface area (Å²) >= 11 is 0. The number of rotatable bonds is 3. The zero-order valence-corrected chi connectivity index (χ0v) is 8.76. The molecule has 1 saturated heterocycles. The zero-order chi connectivity index (χ0) is 10.8. The Morgan fingerprint density at radius 2 is 2.21 bits per heavy atom. The first-order chi connectivity index (χ1) is 6.45. The first-order valence-electron chi connectivity index (χ1n) is 4.68. The summed E-state index contributed by atoms with van der Waals surface area (Å²) in [6.45, 7) is 3.80. The normalized spacial score (nSPS) is 27.7. The summed E-state index contributed by atoms with van der Waals surface area (Å²) in [6.07, 6.45) is -0.0682. The van der Waals surface area contributed by atoms with Crippen LogP contribution < -0.4 is 10.6 Å². The fraction of sp³-hybridized carbons (Fsp3) is 0.889. The maximum atomic E-state index is 13.2. The van der Waals surface area contributed by atoms with Gasteiger partial charge in [0.25, 0.3) is 5.91 Å². The molecule has 0 saturated carbocycles. The molecule has 1 aliphatic rings. The SMILES string of the molecule is CO[C@H]1CNC[C@@H]1NC(=O)C(C)(C)F. The van der Waals surface area contributed by atoms with E-state index < -0.39 is 11.6 Å². The largest absolute Gasteiger partial charge is 0.378 e. The van der Waals surface area contributed by atoms with E-state index in [1.165, 1.54) is 13.8 Å². The van der Waals surface area contributed by atoms with Gasteiger partial charge in [0.15, 0.2) is 5.67 Å². The minimum absolute atomic E-state index is 0.0682. The summed E-state index contributed by atoms with van der Waals surface area (Å²) < 4.78 is 18.3. The van der Waals surface area contributed by atoms with Crippen molar-refractivity contribution in [3.8, 4) is 0 Å². The van der Waals surface area contributed by atoms with Gasteiger partial charge in [-0.15, -0.1) is 0 Å². The lowest BCUT2D eigenvalue weighted by Gasteiger charge is -2.22. The van der Waals surface area contributed by atoms with Gasteiger partial charge in [-0.05, 0) is 13.8 Å². The molecule has 0 aromatic carbocycles. The van der Waals surface area contributed by atoms with Crippen molar-refractivity contribution in [2.24, 2.45) is 0 Å². The third kappa shape index (κ3) is 2.65. The smallest absolute Gasteiger partial charge is 0.257 e. The van der Waals surface area contributed by atoms with Crippen LogP contribution in [0.1, 0.15) is 13.8 Å². The molecule has 1 rings (SSSR count). The van der Waals surface area contributed by atoms with Crippen molar-refractivity contribution >= 4 is 5.91 Å². The maximum absolute atomic E-state index is 13.2. The molecule has 1 amide bonds. The Labute approximate surface area is 83.2 Å². The van der Waals surface area contributed by atoms with Crippen molar-refractivity contribution in [1.29, 1.82) is 0 Å². The Bertz CT molecular complexity index is 215. The minimum atomic E-state index is -1.83. The van der Waals surface area contributed by atoms with Crippen LogP contribution >= 0.6 is 0 Å². The van der Waals surface area contributed by atoms with E-state index in [2.05, 4.69) is 10.6 Å². The van der Waals surface area contributed by atoms with Gasteiger partial charge in [-0.3, -0.25) is 4.79 Å². The highest BCUT2D eigenvalue weighted by Crippen LogP contribution is 2.10. The van der Waals surface area contributed by atoms with E-state index in [0.29, 0.717) is 13.1 Å². The van der Waals surface area contributed by atoms with E-state index in [0.717, 1.165) is 0 Å². The van der Waals surface area contributed by atoms with Gasteiger partial charge in [-0.25, -0.2) is 4.39 Å². The van der Waals surface area contributed by atoms with Crippen LogP contribution in [0.15, 0.2) is 0 Å². The fourth-order valence-electron chi connectivity index (χ4n) is 1.39. The lowest BCUT2D eigenvalue weighted by Crippen LogP contribution is -2.49. The molecular formula is C9H17FN2O2. The lowest BCUT2D eigenvalue weighted by atomic mass is 10.1. The Morgan fingerprint density at radius 1 is 1.57 bits per heavy atom. The van der Waals surface area contributed by atoms with Crippen LogP contribution in [0.4, 0.5) is 4.39 Å². The van der Waals surface area contributed by atoms with Gasteiger partial charge in [0.05, 0.1) is 12.1 Å². The second kappa shape index (κ2) is 4.23. The summed E-state index contributed by atoms with van der Waals surface area (Å²) in [5, 5.41) is 5.69. The average molecular weight is 204 g/mol. The van der Waals surface area contributed by atoms with Crippen molar-refractivity contribution in [1.82, 2.24) is 10.6 Å². The van der Waals surface area contributed by atoms with E-state index in [4.69, 9.17) is 4.74 Å². The summed E-state index contributed by atoms with van der Waals surface area (Å²) in [6, 6.07) is -0.137. The van der Waals surface area contributed by atoms with Crippen molar-refractivity contribution in [3.05, 3.63) is 0 Å². The molecule has 0 radical (unpaired) electrons. The van der Waals surface area contributed by atoms with Gasteiger partial charge >= 0.3 is 0 Å². The summed E-state index contributed by atoms with van der Waals surface area (Å²) in [5.41, 5.74) is -1.83. The number of hydrogen-bond acceptors (Lipinski definition) is 3. The van der Waals surface area contributed by atoms with Crippen LogP contribution in [0.25, 0.3) is 0 Å². The quantitative estimate of drug-likeness (QED) is 0.671. The molecule has 0 aromatic rings. The van der Waals surface area contributed by atoms with Crippen LogP contribution in [0.5, 0.6) is 0 Å². The number of amides is 1. The van der Waals surface area contributed by atoms with Crippen molar-refractivity contribution in [2.75, 3.05) is 20.2 Å². The molecule has 14 heavy (non-hydrogen) atoms. The lowest BCUT2D eigenvalue weighted by molar-refractivity contribution is -0.132. The van der Waals surface area contributed by atoms with Crippen LogP contribution in [0.3, 0.4) is 0 Å². The molecule has 0 aliphatic carbocycles. The first-order valence-corrected chi connectivity index (χ1v) is 4.68. The van der Waals surface area contributed by atoms with Gasteiger partial charge in [-0.1, -0.05) is 0 Å². The molecule has 1 aliphatic heterocycles. The van der Waals surface area contributed by atoms with Crippen molar-refractivity contribution < 1.29 is 13.9 Å². The number of ether oxygens (including phenoxy) is 1. The van der Waals surface area contributed by atoms with Crippen molar-refractivity contribution in [2.45, 2.75) is 31.7 Å². The van der Waals surface area contributed by atoms with Gasteiger partial charge in [0, 0.05) is 20.2 Å². The van der Waals surface area contributed by atoms with Crippen LogP contribution in [0.2, 0.25) is 0 Å². The Morgan fingerprint density at radius 3 is 2.71 bits per heavy atom. The number of halogens is 1. The second-order valence-electron chi connectivity index (χ2n) is 3.98. The topological polar surface area (TPSA) is 50.4 Å². The predicted molar refractivity (Wildman–Crippen MR) is 50.8 cm³/mol. The third-order valence-corrected chi connectivity index (χ3v) is 2.32. The van der Waals surface area contributed by atoms with E-state index in [-0.39, 0.29) is 12.1 Å². The van der Waals surface area contributed by atoms with Crippen molar-refractivity contribution in [3.63, 3.8) is 0 Å². The molecule has 1 fully saturated rings. The molecule has 0 spiro atoms. The standard InChI is InChI=1S/C9H17FN2O2/c1-9(2,10)8(13)12-6-4-11-5-7(6)14-3/h6-7,11H,4-5H2,1-3H3,(H,12,13)/t6-,7-/m0/s1. The number of carbonyl (C=O) groups is 1. The summed E-state index contributed by atoms with van der Waals surface area (Å²) in [7, 11) is 1.58. The molecule has 0 aromatic heterocycles. The van der Waals surface area contributed by atoms with E-state index >= 15 is 0 Å². The average Bonchev–Trinajstić information content (AvgIpc) is 2.50. The Kier molecular flexibility index (Phi) is 3.44. The number of methoxy groups -OCH3 is 1. The molecule has 2 N–H and O–H groups in total. The minimum Gasteiger partial charge on any atom is -0.378 e. The predicted octanol–water partition coefficient (Wildman–Crippen LogP) is -0.162. The van der Waals surface area contributed by atoms with E-state index in [1.54, 1.807) is 7.11 Å². The van der Waals surface area contributed by atoms with Gasteiger partial charge < -0.3 is 15.4 Å². The van der Waals surface area contributed by atoms with Gasteiger partial charge in [-0.2, -0.15) is 0 Å². The molecule has 2 atom stereocenters. The van der Waals surface area contributed by atoms with Crippen LogP contribution in [-0.2, 0) is 9.53 Å². The summed E-state index contributed by atoms with van der Waals surface area (Å²) in [4.78, 5) is 11.3.